The highest BCUT2D eigenvalue weighted by atomic mass is 32.1. The average Bonchev–Trinajstić information content (AvgIpc) is 2.74. The molecule has 2 aromatic heterocycles. The minimum Gasteiger partial charge on any atom is -0.358 e. The first-order chi connectivity index (χ1) is 9.01. The lowest BCUT2D eigenvalue weighted by molar-refractivity contribution is 0.416. The topological polar surface area (TPSA) is 70.3 Å². The largest absolute Gasteiger partial charge is 0.358 e. The van der Waals surface area contributed by atoms with Gasteiger partial charge < -0.3 is 9.80 Å². The molecular weight excluding hydrogens is 260 g/mol. The molecule has 0 saturated carbocycles. The first-order valence-corrected chi connectivity index (χ1v) is 6.93. The third-order valence-electron chi connectivity index (χ3n) is 2.87. The van der Waals surface area contributed by atoms with Crippen molar-refractivity contribution in [1.29, 1.82) is 0 Å². The second kappa shape index (κ2) is 5.68. The lowest BCUT2D eigenvalue weighted by Crippen LogP contribution is -2.29. The maximum absolute atomic E-state index is 5.44. The molecule has 0 amide bonds. The number of nitrogen functional groups attached to an aromatic ring is 1. The number of anilines is 2. The highest BCUT2D eigenvalue weighted by molar-refractivity contribution is 7.18. The number of aryl methyl sites for hydroxylation is 1. The Morgan fingerprint density at radius 1 is 1.26 bits per heavy atom. The van der Waals surface area contributed by atoms with E-state index in [0.29, 0.717) is 5.95 Å². The minimum absolute atomic E-state index is 0.459. The highest BCUT2D eigenvalue weighted by Crippen LogP contribution is 2.30. The lowest BCUT2D eigenvalue weighted by atomic mass is 10.3. The number of aromatic nitrogens is 2. The van der Waals surface area contributed by atoms with Crippen molar-refractivity contribution in [3.63, 3.8) is 0 Å². The van der Waals surface area contributed by atoms with Gasteiger partial charge in [0.1, 0.15) is 10.6 Å². The van der Waals surface area contributed by atoms with Crippen molar-refractivity contribution in [3.05, 3.63) is 10.9 Å². The van der Waals surface area contributed by atoms with Crippen molar-refractivity contribution in [2.24, 2.45) is 5.84 Å². The molecule has 0 aliphatic carbocycles. The van der Waals surface area contributed by atoms with E-state index in [1.165, 1.54) is 4.88 Å². The van der Waals surface area contributed by atoms with Gasteiger partial charge in [0.05, 0.1) is 5.39 Å². The number of nitrogens with zero attached hydrogens (tertiary/aromatic N) is 4. The van der Waals surface area contributed by atoms with E-state index < -0.39 is 0 Å². The van der Waals surface area contributed by atoms with Gasteiger partial charge in [-0.3, -0.25) is 5.43 Å². The van der Waals surface area contributed by atoms with Crippen LogP contribution in [0.15, 0.2) is 6.07 Å². The van der Waals surface area contributed by atoms with Crippen molar-refractivity contribution < 1.29 is 0 Å². The number of fused-ring (bicyclic) bond motifs is 1. The predicted molar refractivity (Wildman–Crippen MR) is 81.8 cm³/mol. The summed E-state index contributed by atoms with van der Waals surface area (Å²) in [6.45, 7) is 3.94. The van der Waals surface area contributed by atoms with Crippen LogP contribution >= 0.6 is 11.3 Å². The van der Waals surface area contributed by atoms with E-state index in [0.717, 1.165) is 29.1 Å². The first-order valence-electron chi connectivity index (χ1n) is 6.12. The minimum atomic E-state index is 0.459. The molecule has 7 heteroatoms. The Bertz CT molecular complexity index is 565. The van der Waals surface area contributed by atoms with Crippen molar-refractivity contribution in [3.8, 4) is 0 Å². The molecule has 2 heterocycles. The number of thiophene rings is 1. The van der Waals surface area contributed by atoms with E-state index in [1.54, 1.807) is 11.3 Å². The van der Waals surface area contributed by atoms with E-state index in [9.17, 15) is 0 Å². The molecule has 0 atom stereocenters. The second-order valence-electron chi connectivity index (χ2n) is 4.82. The van der Waals surface area contributed by atoms with Crippen LogP contribution in [0.1, 0.15) is 4.88 Å². The SMILES string of the molecule is Cc1cc2c(N(C)CCN(C)C)nc(NN)nc2s1. The molecule has 0 unspecified atom stereocenters. The Balaban J connectivity index is 2.39. The predicted octanol–water partition coefficient (Wildman–Crippen LogP) is 1.28. The molecule has 0 bridgehead atoms. The van der Waals surface area contributed by atoms with Gasteiger partial charge in [0.15, 0.2) is 0 Å². The molecule has 0 spiro atoms. The van der Waals surface area contributed by atoms with E-state index in [1.807, 2.05) is 7.05 Å². The lowest BCUT2D eigenvalue weighted by Gasteiger charge is -2.21. The zero-order valence-electron chi connectivity index (χ0n) is 11.8. The first kappa shape index (κ1) is 14.0. The number of nitrogens with two attached hydrogens (primary N) is 1. The van der Waals surface area contributed by atoms with Crippen LogP contribution in [0.25, 0.3) is 10.2 Å². The van der Waals surface area contributed by atoms with Gasteiger partial charge in [-0.05, 0) is 27.1 Å². The summed E-state index contributed by atoms with van der Waals surface area (Å²) in [5.41, 5.74) is 2.54. The normalized spacial score (nSPS) is 11.3. The Labute approximate surface area is 117 Å². The van der Waals surface area contributed by atoms with Gasteiger partial charge in [-0.1, -0.05) is 0 Å². The molecule has 3 N–H and O–H groups in total. The molecular formula is C12H20N6S. The van der Waals surface area contributed by atoms with Crippen LogP contribution in [-0.2, 0) is 0 Å². The Morgan fingerprint density at radius 3 is 2.63 bits per heavy atom. The van der Waals surface area contributed by atoms with Crippen molar-refractivity contribution in [2.45, 2.75) is 6.92 Å². The monoisotopic (exact) mass is 280 g/mol. The molecule has 0 saturated heterocycles. The summed E-state index contributed by atoms with van der Waals surface area (Å²) in [5, 5.41) is 1.09. The average molecular weight is 280 g/mol. The van der Waals surface area contributed by atoms with E-state index in [4.69, 9.17) is 5.84 Å². The Morgan fingerprint density at radius 2 is 2.00 bits per heavy atom. The van der Waals surface area contributed by atoms with Crippen LogP contribution in [0.3, 0.4) is 0 Å². The second-order valence-corrected chi connectivity index (χ2v) is 6.05. The molecule has 0 aliphatic rings. The fourth-order valence-corrected chi connectivity index (χ4v) is 2.71. The summed E-state index contributed by atoms with van der Waals surface area (Å²) in [6, 6.07) is 2.13. The molecule has 104 valence electrons. The van der Waals surface area contributed by atoms with Gasteiger partial charge in [0.2, 0.25) is 5.95 Å². The Kier molecular flexibility index (Phi) is 4.18. The van der Waals surface area contributed by atoms with Gasteiger partial charge in [0, 0.05) is 25.0 Å². The number of likely N-dealkylation sites (N-methyl/N-ethyl adjacent to an activating group) is 2. The van der Waals surface area contributed by atoms with Crippen molar-refractivity contribution in [2.75, 3.05) is 44.6 Å². The maximum Gasteiger partial charge on any atom is 0.240 e. The number of rotatable bonds is 5. The van der Waals surface area contributed by atoms with Gasteiger partial charge >= 0.3 is 0 Å². The van der Waals surface area contributed by atoms with Crippen LogP contribution in [0.4, 0.5) is 11.8 Å². The smallest absolute Gasteiger partial charge is 0.240 e. The van der Waals surface area contributed by atoms with Crippen LogP contribution < -0.4 is 16.2 Å². The number of hydrazine groups is 1. The van der Waals surface area contributed by atoms with Gasteiger partial charge in [0.25, 0.3) is 0 Å². The molecule has 19 heavy (non-hydrogen) atoms. The molecule has 2 aromatic rings. The number of hydrogen-bond acceptors (Lipinski definition) is 7. The Hall–Kier alpha value is -1.44. The van der Waals surface area contributed by atoms with E-state index >= 15 is 0 Å². The highest BCUT2D eigenvalue weighted by Gasteiger charge is 2.13. The van der Waals surface area contributed by atoms with Gasteiger partial charge in [-0.25, -0.2) is 10.8 Å². The molecule has 2 rings (SSSR count). The molecule has 0 radical (unpaired) electrons. The van der Waals surface area contributed by atoms with Crippen molar-refractivity contribution >= 4 is 33.3 Å². The van der Waals surface area contributed by atoms with Crippen LogP contribution in [0.2, 0.25) is 0 Å². The van der Waals surface area contributed by atoms with E-state index in [-0.39, 0.29) is 0 Å². The van der Waals surface area contributed by atoms with Gasteiger partial charge in [-0.15, -0.1) is 11.3 Å². The number of hydrogen-bond donors (Lipinski definition) is 2. The summed E-state index contributed by atoms with van der Waals surface area (Å²) in [6.07, 6.45) is 0. The summed E-state index contributed by atoms with van der Waals surface area (Å²) >= 11 is 1.65. The summed E-state index contributed by atoms with van der Waals surface area (Å²) in [5.74, 6) is 6.82. The fraction of sp³-hybridized carbons (Fsp3) is 0.500. The van der Waals surface area contributed by atoms with E-state index in [2.05, 4.69) is 52.3 Å². The third kappa shape index (κ3) is 3.12. The molecule has 0 fully saturated rings. The van der Waals surface area contributed by atoms with Crippen LogP contribution in [-0.4, -0.2) is 49.1 Å². The van der Waals surface area contributed by atoms with Crippen molar-refractivity contribution in [1.82, 2.24) is 14.9 Å². The molecule has 6 nitrogen and oxygen atoms in total. The number of nitrogens with one attached hydrogen (secondary N) is 1. The fourth-order valence-electron chi connectivity index (χ4n) is 1.84. The zero-order chi connectivity index (χ0) is 14.0. The van der Waals surface area contributed by atoms with Crippen LogP contribution in [0, 0.1) is 6.92 Å². The summed E-state index contributed by atoms with van der Waals surface area (Å²) in [4.78, 5) is 15.3. The molecule has 0 aliphatic heterocycles. The zero-order valence-corrected chi connectivity index (χ0v) is 12.6. The standard InChI is InChI=1S/C12H20N6S/c1-8-7-9-10(18(4)6-5-17(2)3)14-12(16-13)15-11(9)19-8/h7H,5-6,13H2,1-4H3,(H,14,15,16). The third-order valence-corrected chi connectivity index (χ3v) is 3.81. The maximum atomic E-state index is 5.44. The summed E-state index contributed by atoms with van der Waals surface area (Å²) < 4.78 is 0. The molecule has 0 aromatic carbocycles. The van der Waals surface area contributed by atoms with Gasteiger partial charge in [-0.2, -0.15) is 4.98 Å². The summed E-state index contributed by atoms with van der Waals surface area (Å²) in [7, 11) is 6.16. The van der Waals surface area contributed by atoms with Crippen LogP contribution in [0.5, 0.6) is 0 Å². The quantitative estimate of drug-likeness (QED) is 0.635.